The van der Waals surface area contributed by atoms with Crippen LogP contribution in [-0.2, 0) is 6.18 Å². The van der Waals surface area contributed by atoms with Gasteiger partial charge in [-0.3, -0.25) is 4.79 Å². The van der Waals surface area contributed by atoms with Gasteiger partial charge in [0.2, 0.25) is 0 Å². The fourth-order valence-corrected chi connectivity index (χ4v) is 2.51. The monoisotopic (exact) mass is 291 g/mol. The van der Waals surface area contributed by atoms with Gasteiger partial charge < -0.3 is 4.90 Å². The molecule has 19 heavy (non-hydrogen) atoms. The van der Waals surface area contributed by atoms with Gasteiger partial charge in [0.05, 0.1) is 16.1 Å². The zero-order chi connectivity index (χ0) is 14.2. The number of hydrogen-bond donors (Lipinski definition) is 0. The average molecular weight is 292 g/mol. The number of halogens is 4. The largest absolute Gasteiger partial charge is 0.417 e. The van der Waals surface area contributed by atoms with E-state index in [9.17, 15) is 18.0 Å². The number of hydrogen-bond acceptors (Lipinski definition) is 1. The minimum Gasteiger partial charge on any atom is -0.338 e. The standard InChI is InChI=1S/C13H13ClF3NO/c1-8-5-6-18(7-8)12(19)11-9(13(15,16)17)3-2-4-10(11)14/h2-4,8H,5-7H2,1H3. The molecule has 1 heterocycles. The molecule has 1 aromatic rings. The minimum absolute atomic E-state index is 0.153. The second-order valence-electron chi connectivity index (χ2n) is 4.81. The first kappa shape index (κ1) is 14.2. The molecule has 1 aliphatic rings. The van der Waals surface area contributed by atoms with Crippen molar-refractivity contribution in [1.29, 1.82) is 0 Å². The smallest absolute Gasteiger partial charge is 0.338 e. The van der Waals surface area contributed by atoms with E-state index >= 15 is 0 Å². The van der Waals surface area contributed by atoms with E-state index in [-0.39, 0.29) is 5.02 Å². The molecule has 0 N–H and O–H groups in total. The molecule has 1 aromatic carbocycles. The summed E-state index contributed by atoms with van der Waals surface area (Å²) in [6.07, 6.45) is -3.78. The Morgan fingerprint density at radius 1 is 1.42 bits per heavy atom. The summed E-state index contributed by atoms with van der Waals surface area (Å²) in [4.78, 5) is 13.7. The lowest BCUT2D eigenvalue weighted by atomic mass is 10.1. The van der Waals surface area contributed by atoms with Crippen molar-refractivity contribution in [2.45, 2.75) is 19.5 Å². The molecule has 0 radical (unpaired) electrons. The van der Waals surface area contributed by atoms with Gasteiger partial charge >= 0.3 is 6.18 Å². The summed E-state index contributed by atoms with van der Waals surface area (Å²) in [5.41, 5.74) is -1.41. The highest BCUT2D eigenvalue weighted by Gasteiger charge is 2.38. The third kappa shape index (κ3) is 2.86. The first-order valence-corrected chi connectivity index (χ1v) is 6.33. The van der Waals surface area contributed by atoms with Gasteiger partial charge in [-0.25, -0.2) is 0 Å². The van der Waals surface area contributed by atoms with Crippen LogP contribution >= 0.6 is 11.6 Å². The van der Waals surface area contributed by atoms with E-state index in [1.165, 1.54) is 17.0 Å². The number of nitrogens with zero attached hydrogens (tertiary/aromatic N) is 1. The molecular formula is C13H13ClF3NO. The lowest BCUT2D eigenvalue weighted by Crippen LogP contribution is -2.30. The Bertz CT molecular complexity index is 501. The van der Waals surface area contributed by atoms with E-state index in [0.717, 1.165) is 12.5 Å². The predicted octanol–water partition coefficient (Wildman–Crippen LogP) is 3.84. The lowest BCUT2D eigenvalue weighted by molar-refractivity contribution is -0.138. The third-order valence-corrected chi connectivity index (χ3v) is 3.56. The summed E-state index contributed by atoms with van der Waals surface area (Å²) in [6, 6.07) is 3.40. The molecule has 1 unspecified atom stereocenters. The number of carbonyl (C=O) groups is 1. The predicted molar refractivity (Wildman–Crippen MR) is 66.1 cm³/mol. The van der Waals surface area contributed by atoms with E-state index in [1.54, 1.807) is 0 Å². The van der Waals surface area contributed by atoms with Crippen molar-refractivity contribution in [3.8, 4) is 0 Å². The minimum atomic E-state index is -4.58. The molecule has 0 saturated carbocycles. The summed E-state index contributed by atoms with van der Waals surface area (Å²) in [7, 11) is 0. The number of likely N-dealkylation sites (tertiary alicyclic amines) is 1. The molecule has 0 aromatic heterocycles. The molecule has 6 heteroatoms. The van der Waals surface area contributed by atoms with Crippen molar-refractivity contribution in [2.24, 2.45) is 5.92 Å². The fourth-order valence-electron chi connectivity index (χ4n) is 2.26. The van der Waals surface area contributed by atoms with Gasteiger partial charge in [-0.2, -0.15) is 13.2 Å². The van der Waals surface area contributed by atoms with Gasteiger partial charge in [0.15, 0.2) is 0 Å². The van der Waals surface area contributed by atoms with Crippen LogP contribution in [-0.4, -0.2) is 23.9 Å². The number of carbonyl (C=O) groups excluding carboxylic acids is 1. The quantitative estimate of drug-likeness (QED) is 0.770. The van der Waals surface area contributed by atoms with Crippen molar-refractivity contribution < 1.29 is 18.0 Å². The number of benzene rings is 1. The van der Waals surface area contributed by atoms with E-state index in [2.05, 4.69) is 0 Å². The van der Waals surface area contributed by atoms with Crippen LogP contribution in [0.15, 0.2) is 18.2 Å². The molecule has 1 aliphatic heterocycles. The molecule has 2 rings (SSSR count). The number of rotatable bonds is 1. The van der Waals surface area contributed by atoms with E-state index in [1.807, 2.05) is 6.92 Å². The van der Waals surface area contributed by atoms with E-state index < -0.39 is 23.2 Å². The summed E-state index contributed by atoms with van der Waals surface area (Å²) < 4.78 is 38.8. The SMILES string of the molecule is CC1CCN(C(=O)c2c(Cl)cccc2C(F)(F)F)C1. The van der Waals surface area contributed by atoms with Crippen LogP contribution < -0.4 is 0 Å². The molecule has 0 spiro atoms. The van der Waals surface area contributed by atoms with Gasteiger partial charge in [0.25, 0.3) is 5.91 Å². The number of amides is 1. The molecule has 104 valence electrons. The van der Waals surface area contributed by atoms with E-state index in [0.29, 0.717) is 19.0 Å². The van der Waals surface area contributed by atoms with Gasteiger partial charge in [-0.05, 0) is 24.5 Å². The molecule has 0 bridgehead atoms. The van der Waals surface area contributed by atoms with Gasteiger partial charge in [0, 0.05) is 13.1 Å². The zero-order valence-corrected chi connectivity index (χ0v) is 11.1. The van der Waals surface area contributed by atoms with Gasteiger partial charge in [-0.1, -0.05) is 24.6 Å². The molecule has 2 nitrogen and oxygen atoms in total. The highest BCUT2D eigenvalue weighted by molar-refractivity contribution is 6.34. The fraction of sp³-hybridized carbons (Fsp3) is 0.462. The van der Waals surface area contributed by atoms with Crippen molar-refractivity contribution in [3.05, 3.63) is 34.3 Å². The second kappa shape index (κ2) is 5.04. The van der Waals surface area contributed by atoms with Crippen LogP contribution in [0.25, 0.3) is 0 Å². The Kier molecular flexibility index (Phi) is 3.76. The van der Waals surface area contributed by atoms with Gasteiger partial charge in [0.1, 0.15) is 0 Å². The molecule has 0 aliphatic carbocycles. The molecule has 1 amide bonds. The van der Waals surface area contributed by atoms with Crippen molar-refractivity contribution in [2.75, 3.05) is 13.1 Å². The first-order valence-electron chi connectivity index (χ1n) is 5.95. The topological polar surface area (TPSA) is 20.3 Å². The van der Waals surface area contributed by atoms with Crippen LogP contribution in [0.4, 0.5) is 13.2 Å². The summed E-state index contributed by atoms with van der Waals surface area (Å²) in [5.74, 6) is -0.331. The normalized spacial score (nSPS) is 19.8. The molecule has 1 saturated heterocycles. The lowest BCUT2D eigenvalue weighted by Gasteiger charge is -2.20. The zero-order valence-electron chi connectivity index (χ0n) is 10.3. The highest BCUT2D eigenvalue weighted by Crippen LogP contribution is 2.36. The molecule has 1 atom stereocenters. The van der Waals surface area contributed by atoms with Crippen LogP contribution in [0, 0.1) is 5.92 Å². The first-order chi connectivity index (χ1) is 8.80. The maximum absolute atomic E-state index is 12.9. The number of alkyl halides is 3. The molecular weight excluding hydrogens is 279 g/mol. The summed E-state index contributed by atoms with van der Waals surface area (Å²) in [5, 5.41) is -0.153. The van der Waals surface area contributed by atoms with Crippen LogP contribution in [0.2, 0.25) is 5.02 Å². The second-order valence-corrected chi connectivity index (χ2v) is 5.21. The van der Waals surface area contributed by atoms with Gasteiger partial charge in [-0.15, -0.1) is 0 Å². The Balaban J connectivity index is 2.41. The maximum atomic E-state index is 12.9. The van der Waals surface area contributed by atoms with Crippen LogP contribution in [0.5, 0.6) is 0 Å². The van der Waals surface area contributed by atoms with Crippen LogP contribution in [0.3, 0.4) is 0 Å². The summed E-state index contributed by atoms with van der Waals surface area (Å²) in [6.45, 7) is 2.91. The Morgan fingerprint density at radius 2 is 2.11 bits per heavy atom. The Labute approximate surface area is 114 Å². The maximum Gasteiger partial charge on any atom is 0.417 e. The van der Waals surface area contributed by atoms with Crippen molar-refractivity contribution in [1.82, 2.24) is 4.90 Å². The highest BCUT2D eigenvalue weighted by atomic mass is 35.5. The van der Waals surface area contributed by atoms with Crippen molar-refractivity contribution >= 4 is 17.5 Å². The van der Waals surface area contributed by atoms with Crippen molar-refractivity contribution in [3.63, 3.8) is 0 Å². The Hall–Kier alpha value is -1.23. The Morgan fingerprint density at radius 3 is 2.63 bits per heavy atom. The third-order valence-electron chi connectivity index (χ3n) is 3.24. The average Bonchev–Trinajstić information content (AvgIpc) is 2.73. The summed E-state index contributed by atoms with van der Waals surface area (Å²) >= 11 is 5.80. The van der Waals surface area contributed by atoms with Crippen LogP contribution in [0.1, 0.15) is 29.3 Å². The van der Waals surface area contributed by atoms with E-state index in [4.69, 9.17) is 11.6 Å². The molecule has 1 fully saturated rings.